The van der Waals surface area contributed by atoms with Gasteiger partial charge in [-0.3, -0.25) is 0 Å². The molecule has 0 radical (unpaired) electrons. The Hall–Kier alpha value is -1.29. The van der Waals surface area contributed by atoms with Gasteiger partial charge in [0.15, 0.2) is 0 Å². The number of ether oxygens (including phenoxy) is 1. The van der Waals surface area contributed by atoms with Crippen molar-refractivity contribution >= 4 is 9.84 Å². The second-order valence-electron chi connectivity index (χ2n) is 4.95. The van der Waals surface area contributed by atoms with Crippen LogP contribution in [0.25, 0.3) is 0 Å². The summed E-state index contributed by atoms with van der Waals surface area (Å²) in [6.45, 7) is 8.03. The van der Waals surface area contributed by atoms with Gasteiger partial charge in [-0.25, -0.2) is 8.42 Å². The van der Waals surface area contributed by atoms with E-state index in [1.165, 1.54) is 12.8 Å². The van der Waals surface area contributed by atoms with Crippen molar-refractivity contribution in [2.45, 2.75) is 50.8 Å². The first-order valence-electron chi connectivity index (χ1n) is 7.12. The van der Waals surface area contributed by atoms with Gasteiger partial charge in [0.05, 0.1) is 11.5 Å². The minimum absolute atomic E-state index is 0.156. The van der Waals surface area contributed by atoms with Crippen LogP contribution in [0.15, 0.2) is 40.8 Å². The van der Waals surface area contributed by atoms with Crippen molar-refractivity contribution in [2.24, 2.45) is 0 Å². The minimum Gasteiger partial charge on any atom is -0.483 e. The van der Waals surface area contributed by atoms with E-state index in [1.54, 1.807) is 24.3 Å². The highest BCUT2D eigenvalue weighted by Crippen LogP contribution is 2.19. The van der Waals surface area contributed by atoms with Crippen LogP contribution in [0.3, 0.4) is 0 Å². The highest BCUT2D eigenvalue weighted by Gasteiger charge is 2.19. The molecule has 1 rings (SSSR count). The monoisotopic (exact) mass is 296 g/mol. The first-order chi connectivity index (χ1) is 9.48. The molecule has 0 N–H and O–H groups in total. The largest absolute Gasteiger partial charge is 0.483 e. The zero-order valence-electron chi connectivity index (χ0n) is 12.4. The Labute approximate surface area is 122 Å². The summed E-state index contributed by atoms with van der Waals surface area (Å²) in [6, 6.07) is 6.71. The fourth-order valence-corrected chi connectivity index (χ4v) is 2.81. The SMILES string of the molecule is C=C(OCCCCCCC)S(=O)(=O)c1ccc(C)cc1. The predicted molar refractivity (Wildman–Crippen MR) is 82.2 cm³/mol. The fraction of sp³-hybridized carbons (Fsp3) is 0.500. The van der Waals surface area contributed by atoms with Crippen LogP contribution in [0.4, 0.5) is 0 Å². The second-order valence-corrected chi connectivity index (χ2v) is 6.88. The van der Waals surface area contributed by atoms with Crippen LogP contribution in [-0.4, -0.2) is 15.0 Å². The van der Waals surface area contributed by atoms with E-state index >= 15 is 0 Å². The molecule has 0 unspecified atom stereocenters. The smallest absolute Gasteiger partial charge is 0.238 e. The summed E-state index contributed by atoms with van der Waals surface area (Å²) in [5, 5.41) is -0.156. The molecule has 0 heterocycles. The molecule has 0 aliphatic heterocycles. The number of aryl methyl sites for hydroxylation is 1. The van der Waals surface area contributed by atoms with Gasteiger partial charge in [-0.1, -0.05) is 50.3 Å². The maximum atomic E-state index is 12.2. The van der Waals surface area contributed by atoms with Gasteiger partial charge in [0.2, 0.25) is 14.9 Å². The van der Waals surface area contributed by atoms with Crippen LogP contribution < -0.4 is 0 Å². The van der Waals surface area contributed by atoms with Gasteiger partial charge in [-0.15, -0.1) is 0 Å². The van der Waals surface area contributed by atoms with Gasteiger partial charge in [0, 0.05) is 0 Å². The molecular weight excluding hydrogens is 272 g/mol. The molecule has 1 aromatic rings. The van der Waals surface area contributed by atoms with Gasteiger partial charge in [-0.2, -0.15) is 0 Å². The number of unbranched alkanes of at least 4 members (excludes halogenated alkanes) is 4. The Morgan fingerprint density at radius 3 is 2.30 bits per heavy atom. The molecule has 20 heavy (non-hydrogen) atoms. The molecule has 4 heteroatoms. The molecule has 3 nitrogen and oxygen atoms in total. The topological polar surface area (TPSA) is 43.4 Å². The van der Waals surface area contributed by atoms with E-state index in [4.69, 9.17) is 4.74 Å². The molecule has 0 atom stereocenters. The van der Waals surface area contributed by atoms with Crippen molar-refractivity contribution in [1.29, 1.82) is 0 Å². The van der Waals surface area contributed by atoms with E-state index in [-0.39, 0.29) is 9.99 Å². The average Bonchev–Trinajstić information content (AvgIpc) is 2.43. The van der Waals surface area contributed by atoms with E-state index in [0.717, 1.165) is 24.8 Å². The highest BCUT2D eigenvalue weighted by molar-refractivity contribution is 7.95. The summed E-state index contributed by atoms with van der Waals surface area (Å²) in [5.41, 5.74) is 1.02. The van der Waals surface area contributed by atoms with Gasteiger partial charge in [0.25, 0.3) is 0 Å². The van der Waals surface area contributed by atoms with Crippen LogP contribution >= 0.6 is 0 Å². The Bertz CT molecular complexity index is 515. The average molecular weight is 296 g/mol. The molecule has 112 valence electrons. The number of sulfone groups is 1. The number of hydrogen-bond donors (Lipinski definition) is 0. The third-order valence-electron chi connectivity index (χ3n) is 3.14. The summed E-state index contributed by atoms with van der Waals surface area (Å²) in [4.78, 5) is 0.235. The molecule has 0 saturated heterocycles. The summed E-state index contributed by atoms with van der Waals surface area (Å²) < 4.78 is 29.7. The minimum atomic E-state index is -3.57. The van der Waals surface area contributed by atoms with E-state index in [0.29, 0.717) is 6.61 Å². The van der Waals surface area contributed by atoms with Crippen molar-refractivity contribution in [3.8, 4) is 0 Å². The van der Waals surface area contributed by atoms with Crippen molar-refractivity contribution in [3.63, 3.8) is 0 Å². The lowest BCUT2D eigenvalue weighted by atomic mass is 10.2. The molecule has 1 aromatic carbocycles. The Morgan fingerprint density at radius 2 is 1.70 bits per heavy atom. The lowest BCUT2D eigenvalue weighted by molar-refractivity contribution is 0.227. The zero-order chi connectivity index (χ0) is 15.0. The highest BCUT2D eigenvalue weighted by atomic mass is 32.2. The normalized spacial score (nSPS) is 11.3. The number of hydrogen-bond acceptors (Lipinski definition) is 3. The summed E-state index contributed by atoms with van der Waals surface area (Å²) >= 11 is 0. The molecule has 0 saturated carbocycles. The Balaban J connectivity index is 2.47. The quantitative estimate of drug-likeness (QED) is 0.506. The molecule has 0 fully saturated rings. The molecule has 0 aliphatic carbocycles. The maximum absolute atomic E-state index is 12.2. The lowest BCUT2D eigenvalue weighted by Crippen LogP contribution is -2.08. The van der Waals surface area contributed by atoms with Gasteiger partial charge >= 0.3 is 0 Å². The fourth-order valence-electron chi connectivity index (χ4n) is 1.82. The zero-order valence-corrected chi connectivity index (χ0v) is 13.2. The number of rotatable bonds is 9. The molecule has 0 bridgehead atoms. The molecule has 0 aromatic heterocycles. The summed E-state index contributed by atoms with van der Waals surface area (Å²) in [6.07, 6.45) is 5.49. The molecule has 0 amide bonds. The van der Waals surface area contributed by atoms with Crippen molar-refractivity contribution < 1.29 is 13.2 Å². The van der Waals surface area contributed by atoms with E-state index in [9.17, 15) is 8.42 Å². The van der Waals surface area contributed by atoms with Gasteiger partial charge < -0.3 is 4.74 Å². The standard InChI is InChI=1S/C16H24O3S/c1-4-5-6-7-8-13-19-15(3)20(17,18)16-11-9-14(2)10-12-16/h9-12H,3-8,13H2,1-2H3. The molecule has 0 spiro atoms. The lowest BCUT2D eigenvalue weighted by Gasteiger charge is -2.10. The van der Waals surface area contributed by atoms with Crippen LogP contribution in [0.1, 0.15) is 44.6 Å². The number of benzene rings is 1. The van der Waals surface area contributed by atoms with E-state index in [1.807, 2.05) is 6.92 Å². The summed E-state index contributed by atoms with van der Waals surface area (Å²) in [5.74, 6) is 0. The first kappa shape index (κ1) is 16.8. The van der Waals surface area contributed by atoms with Crippen molar-refractivity contribution in [1.82, 2.24) is 0 Å². The van der Waals surface area contributed by atoms with E-state index < -0.39 is 9.84 Å². The maximum Gasteiger partial charge on any atom is 0.238 e. The molecular formula is C16H24O3S. The van der Waals surface area contributed by atoms with Crippen molar-refractivity contribution in [3.05, 3.63) is 41.5 Å². The van der Waals surface area contributed by atoms with Crippen LogP contribution in [0.2, 0.25) is 0 Å². The third-order valence-corrected chi connectivity index (χ3v) is 4.75. The second kappa shape index (κ2) is 8.10. The Morgan fingerprint density at radius 1 is 1.10 bits per heavy atom. The van der Waals surface area contributed by atoms with Crippen molar-refractivity contribution in [2.75, 3.05) is 6.61 Å². The Kier molecular flexibility index (Phi) is 6.79. The van der Waals surface area contributed by atoms with Crippen LogP contribution in [-0.2, 0) is 14.6 Å². The van der Waals surface area contributed by atoms with E-state index in [2.05, 4.69) is 13.5 Å². The first-order valence-corrected chi connectivity index (χ1v) is 8.60. The molecule has 0 aliphatic rings. The van der Waals surface area contributed by atoms with Gasteiger partial charge in [0.1, 0.15) is 0 Å². The van der Waals surface area contributed by atoms with Crippen LogP contribution in [0.5, 0.6) is 0 Å². The third kappa shape index (κ3) is 5.00. The summed E-state index contributed by atoms with van der Waals surface area (Å²) in [7, 11) is -3.57. The van der Waals surface area contributed by atoms with Gasteiger partial charge in [-0.05, 0) is 32.1 Å². The van der Waals surface area contributed by atoms with Crippen LogP contribution in [0, 0.1) is 6.92 Å². The predicted octanol–water partition coefficient (Wildman–Crippen LogP) is 4.23.